The highest BCUT2D eigenvalue weighted by Crippen LogP contribution is 2.44. The number of aromatic amines is 1. The van der Waals surface area contributed by atoms with Crippen LogP contribution >= 0.6 is 11.6 Å². The summed E-state index contributed by atoms with van der Waals surface area (Å²) in [7, 11) is 0. The van der Waals surface area contributed by atoms with Crippen molar-refractivity contribution in [2.24, 2.45) is 0 Å². The van der Waals surface area contributed by atoms with Gasteiger partial charge in [0.15, 0.2) is 5.82 Å². The summed E-state index contributed by atoms with van der Waals surface area (Å²) in [6.45, 7) is 3.31. The molecule has 0 radical (unpaired) electrons. The van der Waals surface area contributed by atoms with Gasteiger partial charge in [0.05, 0.1) is 23.0 Å². The number of carbonyl (C=O) groups excluding carboxylic acids is 2. The second-order valence-electron chi connectivity index (χ2n) is 8.89. The molecule has 2 aliphatic heterocycles. The van der Waals surface area contributed by atoms with Gasteiger partial charge < -0.3 is 20.9 Å². The molecule has 4 N–H and O–H groups in total. The summed E-state index contributed by atoms with van der Waals surface area (Å²) in [5.41, 5.74) is 9.49. The summed E-state index contributed by atoms with van der Waals surface area (Å²) in [5.74, 6) is 0.164. The van der Waals surface area contributed by atoms with E-state index in [-0.39, 0.29) is 40.2 Å². The molecule has 5 rings (SSSR count). The third kappa shape index (κ3) is 4.05. The van der Waals surface area contributed by atoms with E-state index in [1.165, 1.54) is 19.1 Å². The van der Waals surface area contributed by atoms with Crippen LogP contribution in [0.2, 0.25) is 5.02 Å². The van der Waals surface area contributed by atoms with Gasteiger partial charge in [0.1, 0.15) is 11.6 Å². The first-order chi connectivity index (χ1) is 16.7. The van der Waals surface area contributed by atoms with E-state index in [1.807, 2.05) is 17.9 Å². The van der Waals surface area contributed by atoms with E-state index >= 15 is 0 Å². The highest BCUT2D eigenvalue weighted by Gasteiger charge is 2.42. The number of hydrogen-bond donors (Lipinski definition) is 3. The van der Waals surface area contributed by atoms with E-state index in [2.05, 4.69) is 20.3 Å². The van der Waals surface area contributed by atoms with E-state index in [0.29, 0.717) is 23.6 Å². The Morgan fingerprint density at radius 2 is 2.09 bits per heavy atom. The minimum atomic E-state index is -0.601. The van der Waals surface area contributed by atoms with Gasteiger partial charge in [-0.1, -0.05) is 11.6 Å². The lowest BCUT2D eigenvalue weighted by atomic mass is 9.92. The van der Waals surface area contributed by atoms with Gasteiger partial charge in [-0.3, -0.25) is 9.59 Å². The Labute approximate surface area is 206 Å². The number of fused-ring (bicyclic) bond motifs is 1. The van der Waals surface area contributed by atoms with Crippen LogP contribution in [0.1, 0.15) is 49.2 Å². The van der Waals surface area contributed by atoms with Crippen molar-refractivity contribution in [1.29, 1.82) is 0 Å². The number of halogens is 2. The number of amides is 2. The normalized spacial score (nSPS) is 19.5. The molecular formula is C25H24ClFN6O2. The minimum absolute atomic E-state index is 0.0227. The van der Waals surface area contributed by atoms with Gasteiger partial charge in [0, 0.05) is 47.6 Å². The number of nitrogens with one attached hydrogen (secondary N) is 2. The lowest BCUT2D eigenvalue weighted by molar-refractivity contribution is -0.129. The standard InChI is InChI=1S/C25H24ClFN6O2/c1-12-16(7-8-29-24(12)31-13(2)34)19-11-30-25(32-19)20-6-3-15-9-14(10-21(35)33(15)20)22-18(28)5-4-17(26)23(22)27/h4-5,7-8,10-11,15,20H,3,6,9,28H2,1-2H3,(H,30,32)(H,29,31,34)/t15?,20-/m0/s1. The highest BCUT2D eigenvalue weighted by atomic mass is 35.5. The Morgan fingerprint density at radius 3 is 2.86 bits per heavy atom. The van der Waals surface area contributed by atoms with Crippen molar-refractivity contribution in [1.82, 2.24) is 19.9 Å². The van der Waals surface area contributed by atoms with Gasteiger partial charge in [-0.15, -0.1) is 0 Å². The van der Waals surface area contributed by atoms with E-state index in [0.717, 1.165) is 29.7 Å². The van der Waals surface area contributed by atoms with Crippen molar-refractivity contribution in [2.45, 2.75) is 45.2 Å². The van der Waals surface area contributed by atoms with Crippen LogP contribution in [0, 0.1) is 12.7 Å². The number of rotatable bonds is 4. The monoisotopic (exact) mass is 494 g/mol. The van der Waals surface area contributed by atoms with Crippen LogP contribution < -0.4 is 11.1 Å². The van der Waals surface area contributed by atoms with E-state index in [9.17, 15) is 14.0 Å². The molecule has 2 amide bonds. The third-order valence-corrected chi connectivity index (χ3v) is 6.95. The highest BCUT2D eigenvalue weighted by molar-refractivity contribution is 6.31. The average molecular weight is 495 g/mol. The second-order valence-corrected chi connectivity index (χ2v) is 9.29. The van der Waals surface area contributed by atoms with Gasteiger partial charge in [0.25, 0.3) is 0 Å². The van der Waals surface area contributed by atoms with Gasteiger partial charge >= 0.3 is 0 Å². The molecule has 2 aliphatic rings. The van der Waals surface area contributed by atoms with Gasteiger partial charge in [0.2, 0.25) is 11.8 Å². The van der Waals surface area contributed by atoms with Crippen LogP contribution in [0.15, 0.2) is 36.7 Å². The van der Waals surface area contributed by atoms with Crippen molar-refractivity contribution in [3.8, 4) is 11.3 Å². The zero-order valence-electron chi connectivity index (χ0n) is 19.2. The molecule has 3 aromatic rings. The third-order valence-electron chi connectivity index (χ3n) is 6.66. The number of hydrogen-bond acceptors (Lipinski definition) is 5. The van der Waals surface area contributed by atoms with Gasteiger partial charge in [-0.05, 0) is 50.0 Å². The van der Waals surface area contributed by atoms with Crippen LogP contribution in [-0.4, -0.2) is 37.7 Å². The molecule has 0 aliphatic carbocycles. The maximum Gasteiger partial charge on any atom is 0.247 e. The topological polar surface area (TPSA) is 117 Å². The Kier molecular flexibility index (Phi) is 5.80. The summed E-state index contributed by atoms with van der Waals surface area (Å²) in [6, 6.07) is 4.50. The Hall–Kier alpha value is -3.72. The predicted molar refractivity (Wildman–Crippen MR) is 132 cm³/mol. The number of aromatic nitrogens is 3. The van der Waals surface area contributed by atoms with Crippen LogP contribution in [0.4, 0.5) is 15.9 Å². The van der Waals surface area contributed by atoms with Crippen molar-refractivity contribution >= 4 is 40.5 Å². The summed E-state index contributed by atoms with van der Waals surface area (Å²) < 4.78 is 14.7. The Balaban J connectivity index is 1.43. The number of nitrogen functional groups attached to an aromatic ring is 1. The molecular weight excluding hydrogens is 471 g/mol. The molecule has 0 bridgehead atoms. The van der Waals surface area contributed by atoms with E-state index in [4.69, 9.17) is 17.3 Å². The quantitative estimate of drug-likeness (QED) is 0.457. The fraction of sp³-hybridized carbons (Fsp3) is 0.280. The molecule has 1 saturated heterocycles. The molecule has 8 nitrogen and oxygen atoms in total. The fourth-order valence-corrected chi connectivity index (χ4v) is 5.21. The first-order valence-electron chi connectivity index (χ1n) is 11.3. The zero-order chi connectivity index (χ0) is 24.9. The Morgan fingerprint density at radius 1 is 1.29 bits per heavy atom. The molecule has 1 unspecified atom stereocenters. The Bertz CT molecular complexity index is 1380. The predicted octanol–water partition coefficient (Wildman–Crippen LogP) is 4.63. The minimum Gasteiger partial charge on any atom is -0.398 e. The number of carbonyl (C=O) groups is 2. The number of imidazole rings is 1. The first kappa shape index (κ1) is 23.0. The summed E-state index contributed by atoms with van der Waals surface area (Å²) in [6.07, 6.45) is 6.77. The van der Waals surface area contributed by atoms with Gasteiger partial charge in [-0.2, -0.15) is 0 Å². The average Bonchev–Trinajstić information content (AvgIpc) is 3.45. The maximum absolute atomic E-state index is 14.7. The molecule has 10 heteroatoms. The van der Waals surface area contributed by atoms with Crippen LogP contribution in [0.5, 0.6) is 0 Å². The lowest BCUT2D eigenvalue weighted by Crippen LogP contribution is -2.39. The van der Waals surface area contributed by atoms with Crippen LogP contribution in [-0.2, 0) is 9.59 Å². The van der Waals surface area contributed by atoms with Crippen molar-refractivity contribution < 1.29 is 14.0 Å². The van der Waals surface area contributed by atoms with Crippen LogP contribution in [0.25, 0.3) is 16.8 Å². The second kappa shape index (κ2) is 8.81. The maximum atomic E-state index is 14.7. The number of H-pyrrole nitrogens is 1. The number of benzene rings is 1. The lowest BCUT2D eigenvalue weighted by Gasteiger charge is -2.33. The molecule has 180 valence electrons. The summed E-state index contributed by atoms with van der Waals surface area (Å²) in [4.78, 5) is 38.6. The van der Waals surface area contributed by atoms with Crippen molar-refractivity contribution in [2.75, 3.05) is 11.1 Å². The number of nitrogens with zero attached hydrogens (tertiary/aromatic N) is 3. The van der Waals surface area contributed by atoms with Crippen molar-refractivity contribution in [3.63, 3.8) is 0 Å². The summed E-state index contributed by atoms with van der Waals surface area (Å²) in [5, 5.41) is 2.71. The molecule has 2 aromatic heterocycles. The molecule has 4 heterocycles. The molecule has 35 heavy (non-hydrogen) atoms. The number of anilines is 2. The van der Waals surface area contributed by atoms with E-state index < -0.39 is 5.82 Å². The molecule has 1 aromatic carbocycles. The molecule has 0 saturated carbocycles. The first-order valence-corrected chi connectivity index (χ1v) is 11.7. The SMILES string of the molecule is CC(=O)Nc1nccc(-c2cnc([C@@H]3CCC4CC(c5c(N)ccc(Cl)c5F)=CC(=O)N43)[nH]2)c1C. The smallest absolute Gasteiger partial charge is 0.247 e. The largest absolute Gasteiger partial charge is 0.398 e. The van der Waals surface area contributed by atoms with Gasteiger partial charge in [-0.25, -0.2) is 14.4 Å². The summed E-state index contributed by atoms with van der Waals surface area (Å²) >= 11 is 5.96. The fourth-order valence-electron chi connectivity index (χ4n) is 5.05. The molecule has 1 fully saturated rings. The van der Waals surface area contributed by atoms with Crippen molar-refractivity contribution in [3.05, 3.63) is 64.5 Å². The van der Waals surface area contributed by atoms with Crippen LogP contribution in [0.3, 0.4) is 0 Å². The van der Waals surface area contributed by atoms with E-state index in [1.54, 1.807) is 18.5 Å². The molecule has 2 atom stereocenters. The zero-order valence-corrected chi connectivity index (χ0v) is 20.0. The molecule has 0 spiro atoms. The number of nitrogens with two attached hydrogens (primary N) is 1. The number of pyridine rings is 1.